The fraction of sp³-hybridized carbons (Fsp3) is 0.400. The number of rotatable bonds is 3. The molecule has 3 nitrogen and oxygen atoms in total. The number of benzene rings is 1. The lowest BCUT2D eigenvalue weighted by Crippen LogP contribution is -2.24. The molecule has 0 spiro atoms. The number of anilines is 1. The number of alkyl halides is 3. The van der Waals surface area contributed by atoms with Crippen LogP contribution >= 0.6 is 0 Å². The van der Waals surface area contributed by atoms with Crippen LogP contribution < -0.4 is 5.32 Å². The molecule has 0 atom stereocenters. The molecule has 0 saturated heterocycles. The van der Waals surface area contributed by atoms with Gasteiger partial charge >= 0.3 is 5.51 Å². The fourth-order valence-electron chi connectivity index (χ4n) is 1.41. The summed E-state index contributed by atoms with van der Waals surface area (Å²) in [4.78, 5) is -1.07. The van der Waals surface area contributed by atoms with Gasteiger partial charge in [-0.3, -0.25) is 0 Å². The van der Waals surface area contributed by atoms with Crippen LogP contribution in [0.2, 0.25) is 0 Å². The van der Waals surface area contributed by atoms with E-state index >= 15 is 0 Å². The molecule has 1 aliphatic carbocycles. The van der Waals surface area contributed by atoms with Gasteiger partial charge in [-0.1, -0.05) is 0 Å². The van der Waals surface area contributed by atoms with Crippen LogP contribution in [0.1, 0.15) is 12.8 Å². The van der Waals surface area contributed by atoms with Crippen molar-refractivity contribution in [2.75, 3.05) is 5.32 Å². The first kappa shape index (κ1) is 13.1. The van der Waals surface area contributed by atoms with Crippen LogP contribution in [-0.4, -0.2) is 20.0 Å². The van der Waals surface area contributed by atoms with Gasteiger partial charge in [0.1, 0.15) is 10.7 Å². The van der Waals surface area contributed by atoms with Gasteiger partial charge in [-0.25, -0.2) is 12.8 Å². The average molecular weight is 283 g/mol. The Bertz CT molecular complexity index is 564. The minimum absolute atomic E-state index is 0.0438. The molecular formula is C10H9F4NO2S. The fourth-order valence-corrected chi connectivity index (χ4v) is 2.34. The van der Waals surface area contributed by atoms with Crippen molar-refractivity contribution in [3.63, 3.8) is 0 Å². The molecule has 0 amide bonds. The predicted molar refractivity (Wildman–Crippen MR) is 56.3 cm³/mol. The predicted octanol–water partition coefficient (Wildman–Crippen LogP) is 2.69. The Morgan fingerprint density at radius 2 is 1.83 bits per heavy atom. The highest BCUT2D eigenvalue weighted by atomic mass is 32.2. The van der Waals surface area contributed by atoms with Crippen molar-refractivity contribution >= 4 is 15.5 Å². The molecule has 8 heteroatoms. The second-order valence-electron chi connectivity index (χ2n) is 4.01. The number of nitrogens with one attached hydrogen (secondary N) is 1. The maximum absolute atomic E-state index is 13.0. The van der Waals surface area contributed by atoms with Crippen LogP contribution in [-0.2, 0) is 9.84 Å². The second-order valence-corrected chi connectivity index (χ2v) is 5.92. The SMILES string of the molecule is O=S(=O)(c1cc(F)ccc1NC1CC1)C(F)(F)F. The zero-order valence-corrected chi connectivity index (χ0v) is 9.78. The van der Waals surface area contributed by atoms with E-state index in [-0.39, 0.29) is 11.7 Å². The van der Waals surface area contributed by atoms with Crippen molar-refractivity contribution < 1.29 is 26.0 Å². The average Bonchev–Trinajstić information content (AvgIpc) is 3.02. The van der Waals surface area contributed by atoms with Gasteiger partial charge in [-0.05, 0) is 31.0 Å². The third-order valence-electron chi connectivity index (χ3n) is 2.47. The lowest BCUT2D eigenvalue weighted by atomic mass is 10.3. The van der Waals surface area contributed by atoms with E-state index in [4.69, 9.17) is 0 Å². The van der Waals surface area contributed by atoms with Gasteiger partial charge in [0.05, 0.1) is 5.69 Å². The van der Waals surface area contributed by atoms with E-state index < -0.39 is 26.1 Å². The van der Waals surface area contributed by atoms with E-state index in [2.05, 4.69) is 5.32 Å². The normalized spacial score (nSPS) is 16.7. The first-order valence-electron chi connectivity index (χ1n) is 5.09. The summed E-state index contributed by atoms with van der Waals surface area (Å²) in [5, 5.41) is 2.64. The van der Waals surface area contributed by atoms with Gasteiger partial charge in [-0.15, -0.1) is 0 Å². The molecule has 100 valence electrons. The topological polar surface area (TPSA) is 46.2 Å². The highest BCUT2D eigenvalue weighted by molar-refractivity contribution is 7.92. The van der Waals surface area contributed by atoms with Gasteiger partial charge in [-0.2, -0.15) is 13.2 Å². The van der Waals surface area contributed by atoms with E-state index in [1.807, 2.05) is 0 Å². The zero-order chi connectivity index (χ0) is 13.6. The van der Waals surface area contributed by atoms with Crippen LogP contribution in [0.15, 0.2) is 23.1 Å². The monoisotopic (exact) mass is 283 g/mol. The lowest BCUT2D eigenvalue weighted by molar-refractivity contribution is -0.0435. The highest BCUT2D eigenvalue weighted by Gasteiger charge is 2.48. The van der Waals surface area contributed by atoms with Crippen molar-refractivity contribution in [1.29, 1.82) is 0 Å². The Morgan fingerprint density at radius 3 is 2.33 bits per heavy atom. The Balaban J connectivity index is 2.50. The first-order valence-corrected chi connectivity index (χ1v) is 6.57. The lowest BCUT2D eigenvalue weighted by Gasteiger charge is -2.13. The molecule has 18 heavy (non-hydrogen) atoms. The van der Waals surface area contributed by atoms with Crippen molar-refractivity contribution in [2.45, 2.75) is 29.3 Å². The van der Waals surface area contributed by atoms with Crippen LogP contribution in [0.4, 0.5) is 23.2 Å². The quantitative estimate of drug-likeness (QED) is 0.868. The summed E-state index contributed by atoms with van der Waals surface area (Å²) in [6.07, 6.45) is 1.51. The Hall–Kier alpha value is -1.31. The molecule has 0 heterocycles. The van der Waals surface area contributed by atoms with Gasteiger partial charge in [0.15, 0.2) is 0 Å². The Labute approximate surface area is 101 Å². The van der Waals surface area contributed by atoms with E-state index in [1.54, 1.807) is 0 Å². The highest BCUT2D eigenvalue weighted by Crippen LogP contribution is 2.36. The standard InChI is InChI=1S/C10H9F4NO2S/c11-6-1-4-8(15-7-2-3-7)9(5-6)18(16,17)10(12,13)14/h1,4-5,7,15H,2-3H2. The molecule has 1 aliphatic rings. The van der Waals surface area contributed by atoms with Crippen LogP contribution in [0, 0.1) is 5.82 Å². The van der Waals surface area contributed by atoms with Crippen LogP contribution in [0.5, 0.6) is 0 Å². The molecule has 1 fully saturated rings. The first-order chi connectivity index (χ1) is 8.22. The molecule has 0 unspecified atom stereocenters. The van der Waals surface area contributed by atoms with Gasteiger partial charge in [0, 0.05) is 6.04 Å². The molecule has 0 aliphatic heterocycles. The minimum Gasteiger partial charge on any atom is -0.381 e. The Kier molecular flexibility index (Phi) is 3.00. The summed E-state index contributed by atoms with van der Waals surface area (Å²) >= 11 is 0. The molecule has 1 N–H and O–H groups in total. The van der Waals surface area contributed by atoms with Crippen molar-refractivity contribution in [3.05, 3.63) is 24.0 Å². The van der Waals surface area contributed by atoms with Crippen molar-refractivity contribution in [1.82, 2.24) is 0 Å². The van der Waals surface area contributed by atoms with Gasteiger partial charge in [0.2, 0.25) is 0 Å². The molecule has 2 rings (SSSR count). The smallest absolute Gasteiger partial charge is 0.381 e. The summed E-state index contributed by atoms with van der Waals surface area (Å²) in [7, 11) is -5.55. The molecule has 0 radical (unpaired) electrons. The molecule has 1 aromatic rings. The maximum Gasteiger partial charge on any atom is 0.501 e. The summed E-state index contributed by atoms with van der Waals surface area (Å²) in [5.74, 6) is -1.03. The summed E-state index contributed by atoms with van der Waals surface area (Å²) in [6.45, 7) is 0. The molecule has 1 aromatic carbocycles. The summed E-state index contributed by atoms with van der Waals surface area (Å²) < 4.78 is 72.9. The van der Waals surface area contributed by atoms with E-state index in [9.17, 15) is 26.0 Å². The molecular weight excluding hydrogens is 274 g/mol. The third-order valence-corrected chi connectivity index (χ3v) is 4.00. The third kappa shape index (κ3) is 2.43. The van der Waals surface area contributed by atoms with E-state index in [0.717, 1.165) is 25.0 Å². The summed E-state index contributed by atoms with van der Waals surface area (Å²) in [6, 6.07) is 2.26. The Morgan fingerprint density at radius 1 is 1.22 bits per heavy atom. The molecule has 0 aromatic heterocycles. The maximum atomic E-state index is 13.0. The van der Waals surface area contributed by atoms with Crippen molar-refractivity contribution in [2.24, 2.45) is 0 Å². The van der Waals surface area contributed by atoms with E-state index in [1.165, 1.54) is 0 Å². The zero-order valence-electron chi connectivity index (χ0n) is 8.96. The number of sulfone groups is 1. The number of hydrogen-bond donors (Lipinski definition) is 1. The second kappa shape index (κ2) is 4.11. The van der Waals surface area contributed by atoms with Crippen LogP contribution in [0.25, 0.3) is 0 Å². The van der Waals surface area contributed by atoms with E-state index in [0.29, 0.717) is 6.07 Å². The molecule has 0 bridgehead atoms. The largest absolute Gasteiger partial charge is 0.501 e. The summed E-state index contributed by atoms with van der Waals surface area (Å²) in [5.41, 5.74) is -5.66. The number of halogens is 4. The minimum atomic E-state index is -5.55. The van der Waals surface area contributed by atoms with Crippen molar-refractivity contribution in [3.8, 4) is 0 Å². The van der Waals surface area contributed by atoms with Gasteiger partial charge < -0.3 is 5.32 Å². The van der Waals surface area contributed by atoms with Crippen LogP contribution in [0.3, 0.4) is 0 Å². The van der Waals surface area contributed by atoms with Gasteiger partial charge in [0.25, 0.3) is 9.84 Å². The number of hydrogen-bond acceptors (Lipinski definition) is 3. The molecule has 1 saturated carbocycles.